The lowest BCUT2D eigenvalue weighted by Gasteiger charge is -2.04. The van der Waals surface area contributed by atoms with E-state index in [1.807, 2.05) is 36.4 Å². The molecular weight excluding hydrogens is 301 g/mol. The fraction of sp³-hybridized carbons (Fsp3) is 0. The lowest BCUT2D eigenvalue weighted by atomic mass is 9.98. The van der Waals surface area contributed by atoms with Gasteiger partial charge in [-0.05, 0) is 48.0 Å². The highest BCUT2D eigenvalue weighted by Gasteiger charge is 2.17. The monoisotopic (exact) mass is 313 g/mol. The van der Waals surface area contributed by atoms with E-state index in [-0.39, 0.29) is 5.82 Å². The van der Waals surface area contributed by atoms with Gasteiger partial charge >= 0.3 is 0 Å². The first kappa shape index (κ1) is 14.2. The third-order valence-corrected chi connectivity index (χ3v) is 4.00. The molecule has 0 atom stereocenters. The van der Waals surface area contributed by atoms with Gasteiger partial charge in [0, 0.05) is 16.5 Å². The Hall–Kier alpha value is -3.38. The standard InChI is InChI=1S/C21H12FNO/c22-17-11-9-15(10-12-17)20-18-3-1-2-4-19(18)24-21(20)16-7-5-14(13-23)6-8-16/h1-12H. The van der Waals surface area contributed by atoms with Gasteiger partial charge in [0.25, 0.3) is 0 Å². The molecule has 0 aliphatic carbocycles. The number of para-hydroxylation sites is 1. The van der Waals surface area contributed by atoms with Crippen LogP contribution in [0.25, 0.3) is 33.4 Å². The molecule has 0 fully saturated rings. The van der Waals surface area contributed by atoms with Gasteiger partial charge in [-0.3, -0.25) is 0 Å². The highest BCUT2D eigenvalue weighted by Crippen LogP contribution is 2.40. The fourth-order valence-electron chi connectivity index (χ4n) is 2.85. The molecule has 4 aromatic rings. The molecule has 3 aromatic carbocycles. The van der Waals surface area contributed by atoms with Gasteiger partial charge < -0.3 is 4.42 Å². The first-order valence-electron chi connectivity index (χ1n) is 7.54. The van der Waals surface area contributed by atoms with E-state index < -0.39 is 0 Å². The zero-order valence-electron chi connectivity index (χ0n) is 12.7. The van der Waals surface area contributed by atoms with E-state index >= 15 is 0 Å². The Kier molecular flexibility index (Phi) is 3.36. The third kappa shape index (κ3) is 2.35. The van der Waals surface area contributed by atoms with Gasteiger partial charge in [-0.1, -0.05) is 30.3 Å². The van der Waals surface area contributed by atoms with E-state index in [2.05, 4.69) is 6.07 Å². The molecule has 4 rings (SSSR count). The van der Waals surface area contributed by atoms with Gasteiger partial charge in [-0.25, -0.2) is 4.39 Å². The second-order valence-electron chi connectivity index (χ2n) is 5.50. The average molecular weight is 313 g/mol. The van der Waals surface area contributed by atoms with Crippen molar-refractivity contribution in [3.05, 3.63) is 84.2 Å². The van der Waals surface area contributed by atoms with E-state index in [1.165, 1.54) is 12.1 Å². The van der Waals surface area contributed by atoms with E-state index in [1.54, 1.807) is 24.3 Å². The molecule has 1 aromatic heterocycles. The molecule has 114 valence electrons. The molecule has 0 radical (unpaired) electrons. The van der Waals surface area contributed by atoms with Crippen molar-refractivity contribution in [2.45, 2.75) is 0 Å². The molecule has 0 spiro atoms. The molecule has 0 bridgehead atoms. The SMILES string of the molecule is N#Cc1ccc(-c2oc3ccccc3c2-c2ccc(F)cc2)cc1. The summed E-state index contributed by atoms with van der Waals surface area (Å²) >= 11 is 0. The summed E-state index contributed by atoms with van der Waals surface area (Å²) in [5, 5.41) is 9.94. The lowest BCUT2D eigenvalue weighted by Crippen LogP contribution is -1.83. The number of hydrogen-bond donors (Lipinski definition) is 0. The zero-order chi connectivity index (χ0) is 16.5. The number of rotatable bonds is 2. The van der Waals surface area contributed by atoms with Crippen molar-refractivity contribution in [2.75, 3.05) is 0 Å². The Morgan fingerprint density at radius 2 is 1.46 bits per heavy atom. The van der Waals surface area contributed by atoms with Crippen LogP contribution in [0.5, 0.6) is 0 Å². The minimum absolute atomic E-state index is 0.272. The van der Waals surface area contributed by atoms with Crippen LogP contribution in [0.3, 0.4) is 0 Å². The number of benzene rings is 3. The van der Waals surface area contributed by atoms with Crippen LogP contribution in [-0.4, -0.2) is 0 Å². The second kappa shape index (κ2) is 5.68. The maximum absolute atomic E-state index is 13.3. The molecule has 3 heteroatoms. The fourth-order valence-corrected chi connectivity index (χ4v) is 2.85. The zero-order valence-corrected chi connectivity index (χ0v) is 12.7. The Labute approximate surface area is 138 Å². The topological polar surface area (TPSA) is 36.9 Å². The Morgan fingerprint density at radius 3 is 2.17 bits per heavy atom. The summed E-state index contributed by atoms with van der Waals surface area (Å²) < 4.78 is 19.4. The van der Waals surface area contributed by atoms with Crippen LogP contribution in [0, 0.1) is 17.1 Å². The van der Waals surface area contributed by atoms with Crippen molar-refractivity contribution in [2.24, 2.45) is 0 Å². The molecule has 0 aliphatic rings. The molecule has 0 saturated carbocycles. The molecule has 0 unspecified atom stereocenters. The molecule has 0 saturated heterocycles. The van der Waals surface area contributed by atoms with Gasteiger partial charge in [0.1, 0.15) is 17.2 Å². The van der Waals surface area contributed by atoms with Crippen LogP contribution in [0.4, 0.5) is 4.39 Å². The number of furan rings is 1. The third-order valence-electron chi connectivity index (χ3n) is 4.00. The molecule has 24 heavy (non-hydrogen) atoms. The molecule has 0 amide bonds. The maximum atomic E-state index is 13.3. The molecule has 2 nitrogen and oxygen atoms in total. The number of nitrogens with zero attached hydrogens (tertiary/aromatic N) is 1. The number of hydrogen-bond acceptors (Lipinski definition) is 2. The molecule has 0 N–H and O–H groups in total. The Balaban J connectivity index is 1.99. The summed E-state index contributed by atoms with van der Waals surface area (Å²) in [6.07, 6.45) is 0. The van der Waals surface area contributed by atoms with Crippen molar-refractivity contribution in [3.8, 4) is 28.5 Å². The van der Waals surface area contributed by atoms with Gasteiger partial charge in [0.2, 0.25) is 0 Å². The quantitative estimate of drug-likeness (QED) is 0.470. The van der Waals surface area contributed by atoms with E-state index in [4.69, 9.17) is 9.68 Å². The van der Waals surface area contributed by atoms with E-state index in [9.17, 15) is 4.39 Å². The summed E-state index contributed by atoms with van der Waals surface area (Å²) in [4.78, 5) is 0. The highest BCUT2D eigenvalue weighted by molar-refractivity contribution is 6.01. The second-order valence-corrected chi connectivity index (χ2v) is 5.50. The number of fused-ring (bicyclic) bond motifs is 1. The Morgan fingerprint density at radius 1 is 0.792 bits per heavy atom. The Bertz CT molecular complexity index is 1050. The van der Waals surface area contributed by atoms with Crippen LogP contribution in [0.2, 0.25) is 0 Å². The van der Waals surface area contributed by atoms with Crippen molar-refractivity contribution in [3.63, 3.8) is 0 Å². The van der Waals surface area contributed by atoms with Gasteiger partial charge in [0.15, 0.2) is 0 Å². The van der Waals surface area contributed by atoms with E-state index in [0.29, 0.717) is 11.3 Å². The lowest BCUT2D eigenvalue weighted by molar-refractivity contribution is 0.627. The minimum atomic E-state index is -0.272. The summed E-state index contributed by atoms with van der Waals surface area (Å²) in [6.45, 7) is 0. The van der Waals surface area contributed by atoms with Gasteiger partial charge in [0.05, 0.1) is 11.6 Å². The number of nitriles is 1. The summed E-state index contributed by atoms with van der Waals surface area (Å²) in [5.74, 6) is 0.443. The normalized spacial score (nSPS) is 10.7. The predicted molar refractivity (Wildman–Crippen MR) is 91.8 cm³/mol. The largest absolute Gasteiger partial charge is 0.455 e. The van der Waals surface area contributed by atoms with E-state index in [0.717, 1.165) is 27.7 Å². The van der Waals surface area contributed by atoms with Gasteiger partial charge in [-0.2, -0.15) is 5.26 Å². The molecule has 0 aliphatic heterocycles. The predicted octanol–water partition coefficient (Wildman–Crippen LogP) is 5.78. The smallest absolute Gasteiger partial charge is 0.143 e. The number of halogens is 1. The first-order chi connectivity index (χ1) is 11.8. The van der Waals surface area contributed by atoms with Crippen LogP contribution in [0.15, 0.2) is 77.2 Å². The van der Waals surface area contributed by atoms with Crippen LogP contribution < -0.4 is 0 Å². The van der Waals surface area contributed by atoms with Crippen LogP contribution >= 0.6 is 0 Å². The maximum Gasteiger partial charge on any atom is 0.143 e. The molecule has 1 heterocycles. The van der Waals surface area contributed by atoms with Gasteiger partial charge in [-0.15, -0.1) is 0 Å². The summed E-state index contributed by atoms with van der Waals surface area (Å²) in [5.41, 5.74) is 4.06. The van der Waals surface area contributed by atoms with Crippen molar-refractivity contribution >= 4 is 11.0 Å². The molecular formula is C21H12FNO. The van der Waals surface area contributed by atoms with Crippen LogP contribution in [0.1, 0.15) is 5.56 Å². The van der Waals surface area contributed by atoms with Crippen molar-refractivity contribution in [1.29, 1.82) is 5.26 Å². The summed E-state index contributed by atoms with van der Waals surface area (Å²) in [6, 6.07) is 23.5. The summed E-state index contributed by atoms with van der Waals surface area (Å²) in [7, 11) is 0. The highest BCUT2D eigenvalue weighted by atomic mass is 19.1. The van der Waals surface area contributed by atoms with Crippen molar-refractivity contribution in [1.82, 2.24) is 0 Å². The first-order valence-corrected chi connectivity index (χ1v) is 7.54. The average Bonchev–Trinajstić information content (AvgIpc) is 3.02. The van der Waals surface area contributed by atoms with Crippen molar-refractivity contribution < 1.29 is 8.81 Å². The van der Waals surface area contributed by atoms with Crippen LogP contribution in [-0.2, 0) is 0 Å². The minimum Gasteiger partial charge on any atom is -0.455 e.